The summed E-state index contributed by atoms with van der Waals surface area (Å²) in [5.41, 5.74) is 2.10. The SMILES string of the molecule is C[C@@]12C(=O)N(Cc3cccs3)CC(=O)N1CCc1c2[nH]c2ccccc12. The number of aromatic amines is 1. The molecule has 6 heteroatoms. The summed E-state index contributed by atoms with van der Waals surface area (Å²) in [4.78, 5) is 34.4. The minimum atomic E-state index is -0.959. The van der Waals surface area contributed by atoms with E-state index in [0.717, 1.165) is 27.9 Å². The molecule has 2 aliphatic heterocycles. The number of carbonyl (C=O) groups is 2. The maximum Gasteiger partial charge on any atom is 0.255 e. The number of hydrogen-bond acceptors (Lipinski definition) is 3. The van der Waals surface area contributed by atoms with E-state index in [1.807, 2.05) is 42.6 Å². The third kappa shape index (κ3) is 2.02. The molecule has 1 atom stereocenters. The fourth-order valence-electron chi connectivity index (χ4n) is 4.40. The molecule has 2 amide bonds. The lowest BCUT2D eigenvalue weighted by Gasteiger charge is -2.49. The normalized spacial score (nSPS) is 22.7. The van der Waals surface area contributed by atoms with Crippen LogP contribution in [0, 0.1) is 0 Å². The Labute approximate surface area is 155 Å². The number of thiophene rings is 1. The predicted molar refractivity (Wildman–Crippen MR) is 101 cm³/mol. The van der Waals surface area contributed by atoms with Gasteiger partial charge < -0.3 is 14.8 Å². The highest BCUT2D eigenvalue weighted by atomic mass is 32.1. The van der Waals surface area contributed by atoms with Gasteiger partial charge in [0.15, 0.2) is 5.54 Å². The Kier molecular flexibility index (Phi) is 3.28. The van der Waals surface area contributed by atoms with Crippen molar-refractivity contribution in [1.82, 2.24) is 14.8 Å². The quantitative estimate of drug-likeness (QED) is 0.759. The molecule has 0 unspecified atom stereocenters. The second kappa shape index (κ2) is 5.45. The van der Waals surface area contributed by atoms with Crippen LogP contribution in [-0.4, -0.2) is 39.7 Å². The Hall–Kier alpha value is -2.60. The summed E-state index contributed by atoms with van der Waals surface area (Å²) < 4.78 is 0. The number of nitrogens with one attached hydrogen (secondary N) is 1. The van der Waals surface area contributed by atoms with Crippen LogP contribution < -0.4 is 0 Å². The van der Waals surface area contributed by atoms with Crippen molar-refractivity contribution < 1.29 is 9.59 Å². The Morgan fingerprint density at radius 2 is 2.04 bits per heavy atom. The van der Waals surface area contributed by atoms with Gasteiger partial charge in [-0.15, -0.1) is 11.3 Å². The van der Waals surface area contributed by atoms with Crippen LogP contribution in [-0.2, 0) is 28.1 Å². The molecule has 5 nitrogen and oxygen atoms in total. The molecule has 2 aromatic heterocycles. The number of aromatic nitrogens is 1. The van der Waals surface area contributed by atoms with E-state index in [1.165, 1.54) is 5.56 Å². The predicted octanol–water partition coefficient (Wildman–Crippen LogP) is 2.87. The van der Waals surface area contributed by atoms with Crippen molar-refractivity contribution in [2.24, 2.45) is 0 Å². The van der Waals surface area contributed by atoms with Crippen LogP contribution in [0.1, 0.15) is 23.1 Å². The number of hydrogen-bond donors (Lipinski definition) is 1. The molecule has 0 bridgehead atoms. The van der Waals surface area contributed by atoms with Crippen molar-refractivity contribution in [3.05, 3.63) is 57.9 Å². The summed E-state index contributed by atoms with van der Waals surface area (Å²) >= 11 is 1.61. The number of fused-ring (bicyclic) bond motifs is 5. The van der Waals surface area contributed by atoms with Crippen molar-refractivity contribution in [1.29, 1.82) is 0 Å². The number of nitrogens with zero attached hydrogens (tertiary/aromatic N) is 2. The van der Waals surface area contributed by atoms with E-state index in [2.05, 4.69) is 11.1 Å². The van der Waals surface area contributed by atoms with E-state index in [-0.39, 0.29) is 18.4 Å². The molecule has 2 aliphatic rings. The number of carbonyl (C=O) groups excluding carboxylic acids is 2. The Morgan fingerprint density at radius 3 is 2.85 bits per heavy atom. The fraction of sp³-hybridized carbons (Fsp3) is 0.300. The lowest BCUT2D eigenvalue weighted by molar-refractivity contribution is -0.166. The van der Waals surface area contributed by atoms with Gasteiger partial charge in [-0.2, -0.15) is 0 Å². The van der Waals surface area contributed by atoms with Gasteiger partial charge in [0.2, 0.25) is 5.91 Å². The zero-order valence-corrected chi connectivity index (χ0v) is 15.3. The first-order chi connectivity index (χ1) is 12.6. The van der Waals surface area contributed by atoms with Crippen LogP contribution in [0.4, 0.5) is 0 Å². The van der Waals surface area contributed by atoms with Crippen LogP contribution in [0.3, 0.4) is 0 Å². The summed E-state index contributed by atoms with van der Waals surface area (Å²) in [6.07, 6.45) is 0.777. The van der Waals surface area contributed by atoms with Gasteiger partial charge in [0.1, 0.15) is 6.54 Å². The Morgan fingerprint density at radius 1 is 1.19 bits per heavy atom. The van der Waals surface area contributed by atoms with Gasteiger partial charge in [-0.1, -0.05) is 24.3 Å². The average Bonchev–Trinajstić information content (AvgIpc) is 3.27. The smallest absolute Gasteiger partial charge is 0.255 e. The lowest BCUT2D eigenvalue weighted by Crippen LogP contribution is -2.66. The minimum Gasteiger partial charge on any atom is -0.356 e. The summed E-state index contributed by atoms with van der Waals surface area (Å²) in [7, 11) is 0. The van der Waals surface area contributed by atoms with E-state index in [9.17, 15) is 9.59 Å². The van der Waals surface area contributed by atoms with Gasteiger partial charge >= 0.3 is 0 Å². The van der Waals surface area contributed by atoms with Gasteiger partial charge in [0.05, 0.1) is 12.2 Å². The number of para-hydroxylation sites is 1. The van der Waals surface area contributed by atoms with Crippen molar-refractivity contribution >= 4 is 34.1 Å². The molecule has 26 heavy (non-hydrogen) atoms. The second-order valence-corrected chi connectivity index (χ2v) is 8.16. The van der Waals surface area contributed by atoms with Crippen LogP contribution in [0.2, 0.25) is 0 Å². The van der Waals surface area contributed by atoms with Crippen molar-refractivity contribution in [2.45, 2.75) is 25.4 Å². The molecule has 0 aliphatic carbocycles. The molecule has 4 heterocycles. The highest BCUT2D eigenvalue weighted by Gasteiger charge is 2.54. The van der Waals surface area contributed by atoms with Crippen LogP contribution in [0.5, 0.6) is 0 Å². The zero-order chi connectivity index (χ0) is 17.9. The number of amides is 2. The topological polar surface area (TPSA) is 56.4 Å². The van der Waals surface area contributed by atoms with Gasteiger partial charge in [-0.3, -0.25) is 9.59 Å². The highest BCUT2D eigenvalue weighted by molar-refractivity contribution is 7.09. The van der Waals surface area contributed by atoms with Gasteiger partial charge in [0.25, 0.3) is 5.91 Å². The van der Waals surface area contributed by atoms with E-state index in [1.54, 1.807) is 21.1 Å². The lowest BCUT2D eigenvalue weighted by atomic mass is 9.83. The van der Waals surface area contributed by atoms with Crippen molar-refractivity contribution in [3.63, 3.8) is 0 Å². The molecule has 3 aromatic rings. The van der Waals surface area contributed by atoms with E-state index in [0.29, 0.717) is 13.1 Å². The van der Waals surface area contributed by atoms with Crippen LogP contribution in [0.15, 0.2) is 41.8 Å². The largest absolute Gasteiger partial charge is 0.356 e. The van der Waals surface area contributed by atoms with Gasteiger partial charge in [-0.05, 0) is 36.4 Å². The average molecular weight is 365 g/mol. The third-order valence-corrected chi connectivity index (χ3v) is 6.54. The molecule has 1 aromatic carbocycles. The molecule has 1 N–H and O–H groups in total. The maximum absolute atomic E-state index is 13.5. The van der Waals surface area contributed by atoms with Crippen LogP contribution >= 0.6 is 11.3 Å². The Bertz CT molecular complexity index is 1020. The number of rotatable bonds is 2. The molecular weight excluding hydrogens is 346 g/mol. The molecule has 0 saturated carbocycles. The molecule has 1 fully saturated rings. The van der Waals surface area contributed by atoms with E-state index < -0.39 is 5.54 Å². The number of piperazine rings is 1. The highest BCUT2D eigenvalue weighted by Crippen LogP contribution is 2.42. The standard InChI is InChI=1S/C20H19N3O2S/c1-20-18-15(14-6-2-3-7-16(14)21-18)8-9-23(20)17(24)12-22(19(20)25)11-13-5-4-10-26-13/h2-7,10,21H,8-9,11-12H2,1H3/t20-/m1/s1. The molecule has 5 rings (SSSR count). The molecule has 1 saturated heterocycles. The molecule has 132 valence electrons. The summed E-state index contributed by atoms with van der Waals surface area (Å²) in [6, 6.07) is 12.1. The van der Waals surface area contributed by atoms with Crippen LogP contribution in [0.25, 0.3) is 10.9 Å². The number of benzene rings is 1. The van der Waals surface area contributed by atoms with E-state index >= 15 is 0 Å². The summed E-state index contributed by atoms with van der Waals surface area (Å²) in [5, 5.41) is 3.15. The summed E-state index contributed by atoms with van der Waals surface area (Å²) in [6.45, 7) is 3.12. The second-order valence-electron chi connectivity index (χ2n) is 7.13. The molecular formula is C20H19N3O2S. The van der Waals surface area contributed by atoms with Gasteiger partial charge in [-0.25, -0.2) is 0 Å². The zero-order valence-electron chi connectivity index (χ0n) is 14.5. The summed E-state index contributed by atoms with van der Waals surface area (Å²) in [5.74, 6) is 0.0194. The minimum absolute atomic E-state index is 0.00185. The van der Waals surface area contributed by atoms with Crippen molar-refractivity contribution in [2.75, 3.05) is 13.1 Å². The molecule has 0 radical (unpaired) electrons. The first-order valence-electron chi connectivity index (χ1n) is 8.81. The molecule has 0 spiro atoms. The van der Waals surface area contributed by atoms with Crippen molar-refractivity contribution in [3.8, 4) is 0 Å². The Balaban J connectivity index is 1.63. The first-order valence-corrected chi connectivity index (χ1v) is 9.69. The number of H-pyrrole nitrogens is 1. The fourth-order valence-corrected chi connectivity index (χ4v) is 5.12. The third-order valence-electron chi connectivity index (χ3n) is 5.68. The van der Waals surface area contributed by atoms with E-state index in [4.69, 9.17) is 0 Å². The van der Waals surface area contributed by atoms with Gasteiger partial charge in [0, 0.05) is 22.3 Å². The maximum atomic E-state index is 13.5. The first kappa shape index (κ1) is 15.6. The monoisotopic (exact) mass is 365 g/mol.